The summed E-state index contributed by atoms with van der Waals surface area (Å²) in [5.74, 6) is 0.256. The molecule has 0 bridgehead atoms. The first kappa shape index (κ1) is 16.6. The van der Waals surface area contributed by atoms with Crippen molar-refractivity contribution in [2.45, 2.75) is 19.9 Å². The van der Waals surface area contributed by atoms with Crippen molar-refractivity contribution in [2.24, 2.45) is 0 Å². The minimum atomic E-state index is -0.954. The van der Waals surface area contributed by atoms with E-state index in [0.29, 0.717) is 29.9 Å². The van der Waals surface area contributed by atoms with Crippen LogP contribution in [-0.4, -0.2) is 38.4 Å². The van der Waals surface area contributed by atoms with Gasteiger partial charge in [-0.25, -0.2) is 4.79 Å². The molecule has 1 N–H and O–H groups in total. The number of carboxylic acid groups (broad SMARTS) is 1. The second-order valence-corrected chi connectivity index (χ2v) is 5.48. The standard InChI is InChI=1S/C18H18N4O3/c1-3-14-15(5-4-6-16(14)18(23)24)17-19-21-22(20-17)11-12-7-9-13(25-2)10-8-12/h4-10H,3,11H2,1-2H3,(H,23,24). The highest BCUT2D eigenvalue weighted by atomic mass is 16.5. The van der Waals surface area contributed by atoms with Crippen LogP contribution in [-0.2, 0) is 13.0 Å². The highest BCUT2D eigenvalue weighted by Crippen LogP contribution is 2.24. The molecule has 7 heteroatoms. The van der Waals surface area contributed by atoms with E-state index in [-0.39, 0.29) is 5.56 Å². The molecule has 3 rings (SSSR count). The molecule has 0 aliphatic rings. The molecule has 0 unspecified atom stereocenters. The van der Waals surface area contributed by atoms with Gasteiger partial charge in [0.15, 0.2) is 0 Å². The first-order chi connectivity index (χ1) is 12.1. The fourth-order valence-electron chi connectivity index (χ4n) is 2.69. The predicted molar refractivity (Wildman–Crippen MR) is 91.7 cm³/mol. The molecule has 25 heavy (non-hydrogen) atoms. The SMILES string of the molecule is CCc1c(C(=O)O)cccc1-c1nnn(Cc2ccc(OC)cc2)n1. The number of methoxy groups -OCH3 is 1. The number of aromatic carboxylic acids is 1. The summed E-state index contributed by atoms with van der Waals surface area (Å²) < 4.78 is 5.14. The summed E-state index contributed by atoms with van der Waals surface area (Å²) in [4.78, 5) is 12.9. The number of benzene rings is 2. The lowest BCUT2D eigenvalue weighted by atomic mass is 9.98. The first-order valence-corrected chi connectivity index (χ1v) is 7.88. The Hall–Kier alpha value is -3.22. The summed E-state index contributed by atoms with van der Waals surface area (Å²) >= 11 is 0. The van der Waals surface area contributed by atoms with Gasteiger partial charge in [0, 0.05) is 5.56 Å². The van der Waals surface area contributed by atoms with Gasteiger partial charge in [0.2, 0.25) is 5.82 Å². The topological polar surface area (TPSA) is 90.1 Å². The highest BCUT2D eigenvalue weighted by Gasteiger charge is 2.16. The maximum absolute atomic E-state index is 11.4. The Bertz CT molecular complexity index is 888. The van der Waals surface area contributed by atoms with E-state index in [4.69, 9.17) is 4.74 Å². The molecule has 0 aliphatic heterocycles. The third-order valence-corrected chi connectivity index (χ3v) is 3.94. The van der Waals surface area contributed by atoms with Gasteiger partial charge in [-0.1, -0.05) is 31.2 Å². The van der Waals surface area contributed by atoms with Crippen LogP contribution in [0, 0.1) is 0 Å². The van der Waals surface area contributed by atoms with E-state index in [2.05, 4.69) is 15.4 Å². The lowest BCUT2D eigenvalue weighted by molar-refractivity contribution is 0.0696. The van der Waals surface area contributed by atoms with Gasteiger partial charge >= 0.3 is 5.97 Å². The van der Waals surface area contributed by atoms with Crippen molar-refractivity contribution in [1.82, 2.24) is 20.2 Å². The van der Waals surface area contributed by atoms with Crippen molar-refractivity contribution in [3.05, 3.63) is 59.2 Å². The van der Waals surface area contributed by atoms with Crippen molar-refractivity contribution in [1.29, 1.82) is 0 Å². The summed E-state index contributed by atoms with van der Waals surface area (Å²) in [6, 6.07) is 12.7. The Labute approximate surface area is 144 Å². The van der Waals surface area contributed by atoms with Gasteiger partial charge in [-0.15, -0.1) is 10.2 Å². The summed E-state index contributed by atoms with van der Waals surface area (Å²) in [7, 11) is 1.62. The molecule has 0 saturated carbocycles. The van der Waals surface area contributed by atoms with Gasteiger partial charge in [0.05, 0.1) is 19.2 Å². The van der Waals surface area contributed by atoms with Crippen molar-refractivity contribution in [3.8, 4) is 17.1 Å². The zero-order valence-corrected chi connectivity index (χ0v) is 14.0. The van der Waals surface area contributed by atoms with Gasteiger partial charge in [0.25, 0.3) is 0 Å². The Morgan fingerprint density at radius 2 is 1.96 bits per heavy atom. The molecule has 0 saturated heterocycles. The Morgan fingerprint density at radius 3 is 2.60 bits per heavy atom. The van der Waals surface area contributed by atoms with Gasteiger partial charge in [-0.05, 0) is 41.0 Å². The van der Waals surface area contributed by atoms with Gasteiger partial charge < -0.3 is 9.84 Å². The fourth-order valence-corrected chi connectivity index (χ4v) is 2.69. The number of tetrazole rings is 1. The zero-order chi connectivity index (χ0) is 17.8. The fraction of sp³-hybridized carbons (Fsp3) is 0.222. The average molecular weight is 338 g/mol. The van der Waals surface area contributed by atoms with Gasteiger partial charge in [-0.2, -0.15) is 4.80 Å². The van der Waals surface area contributed by atoms with Crippen molar-refractivity contribution < 1.29 is 14.6 Å². The van der Waals surface area contributed by atoms with Crippen molar-refractivity contribution >= 4 is 5.97 Å². The smallest absolute Gasteiger partial charge is 0.335 e. The molecule has 128 valence electrons. The average Bonchev–Trinajstić information content (AvgIpc) is 3.09. The molecule has 0 radical (unpaired) electrons. The van der Waals surface area contributed by atoms with Gasteiger partial charge in [0.1, 0.15) is 5.75 Å². The largest absolute Gasteiger partial charge is 0.497 e. The van der Waals surface area contributed by atoms with E-state index < -0.39 is 5.97 Å². The number of nitrogens with zero attached hydrogens (tertiary/aromatic N) is 4. The molecule has 7 nitrogen and oxygen atoms in total. The lowest BCUT2D eigenvalue weighted by Crippen LogP contribution is -2.05. The molecule has 0 spiro atoms. The summed E-state index contributed by atoms with van der Waals surface area (Å²) in [6.45, 7) is 2.38. The number of aromatic nitrogens is 4. The monoisotopic (exact) mass is 338 g/mol. The Balaban J connectivity index is 1.88. The van der Waals surface area contributed by atoms with Crippen LogP contribution < -0.4 is 4.74 Å². The van der Waals surface area contributed by atoms with Crippen molar-refractivity contribution in [3.63, 3.8) is 0 Å². The minimum absolute atomic E-state index is 0.270. The number of hydrogen-bond acceptors (Lipinski definition) is 5. The molecular weight excluding hydrogens is 320 g/mol. The third kappa shape index (κ3) is 3.50. The first-order valence-electron chi connectivity index (χ1n) is 7.88. The molecule has 1 heterocycles. The zero-order valence-electron chi connectivity index (χ0n) is 14.0. The van der Waals surface area contributed by atoms with Crippen LogP contribution in [0.1, 0.15) is 28.4 Å². The van der Waals surface area contributed by atoms with Gasteiger partial charge in [-0.3, -0.25) is 0 Å². The quantitative estimate of drug-likeness (QED) is 0.743. The number of ether oxygens (including phenoxy) is 1. The van der Waals surface area contributed by atoms with Crippen LogP contribution in [0.3, 0.4) is 0 Å². The van der Waals surface area contributed by atoms with E-state index in [9.17, 15) is 9.90 Å². The lowest BCUT2D eigenvalue weighted by Gasteiger charge is -2.07. The Kier molecular flexibility index (Phi) is 4.74. The molecular formula is C18H18N4O3. The molecule has 0 amide bonds. The van der Waals surface area contributed by atoms with Crippen LogP contribution in [0.25, 0.3) is 11.4 Å². The number of carbonyl (C=O) groups is 1. The summed E-state index contributed by atoms with van der Waals surface area (Å²) in [5, 5.41) is 21.9. The van der Waals surface area contributed by atoms with E-state index in [1.165, 1.54) is 4.80 Å². The van der Waals surface area contributed by atoms with Crippen molar-refractivity contribution in [2.75, 3.05) is 7.11 Å². The van der Waals surface area contributed by atoms with Crippen LogP contribution in [0.2, 0.25) is 0 Å². The molecule has 0 aliphatic carbocycles. The molecule has 0 fully saturated rings. The number of hydrogen-bond donors (Lipinski definition) is 1. The van der Waals surface area contributed by atoms with E-state index in [0.717, 1.165) is 11.3 Å². The normalized spacial score (nSPS) is 10.6. The summed E-state index contributed by atoms with van der Waals surface area (Å²) in [5.41, 5.74) is 2.69. The number of carboxylic acids is 1. The maximum Gasteiger partial charge on any atom is 0.335 e. The molecule has 0 atom stereocenters. The molecule has 1 aromatic heterocycles. The van der Waals surface area contributed by atoms with Crippen LogP contribution in [0.5, 0.6) is 5.75 Å². The number of rotatable bonds is 6. The predicted octanol–water partition coefficient (Wildman–Crippen LogP) is 2.66. The third-order valence-electron chi connectivity index (χ3n) is 3.94. The van der Waals surface area contributed by atoms with E-state index >= 15 is 0 Å². The minimum Gasteiger partial charge on any atom is -0.497 e. The van der Waals surface area contributed by atoms with Crippen LogP contribution in [0.15, 0.2) is 42.5 Å². The Morgan fingerprint density at radius 1 is 1.20 bits per heavy atom. The second kappa shape index (κ2) is 7.12. The molecule has 3 aromatic rings. The highest BCUT2D eigenvalue weighted by molar-refractivity contribution is 5.91. The maximum atomic E-state index is 11.4. The molecule has 2 aromatic carbocycles. The van der Waals surface area contributed by atoms with Crippen LogP contribution >= 0.6 is 0 Å². The van der Waals surface area contributed by atoms with Crippen LogP contribution in [0.4, 0.5) is 0 Å². The second-order valence-electron chi connectivity index (χ2n) is 5.48. The van der Waals surface area contributed by atoms with E-state index in [1.54, 1.807) is 19.2 Å². The summed E-state index contributed by atoms with van der Waals surface area (Å²) in [6.07, 6.45) is 0.574. The van der Waals surface area contributed by atoms with E-state index in [1.807, 2.05) is 37.3 Å².